The molecule has 3 N–H and O–H groups in total. The Kier molecular flexibility index (Phi) is 4.59. The lowest BCUT2D eigenvalue weighted by Gasteiger charge is -2.26. The molecule has 2 saturated carbocycles. The molecular formula is C17H23ClN2O2. The van der Waals surface area contributed by atoms with Crippen molar-refractivity contribution >= 4 is 17.6 Å². The van der Waals surface area contributed by atoms with Crippen LogP contribution in [-0.2, 0) is 5.41 Å². The highest BCUT2D eigenvalue weighted by Gasteiger charge is 2.44. The molecule has 1 aromatic rings. The average Bonchev–Trinajstić information content (AvgIpc) is 3.29. The van der Waals surface area contributed by atoms with Crippen LogP contribution in [0, 0.1) is 0 Å². The zero-order chi connectivity index (χ0) is 15.6. The molecule has 22 heavy (non-hydrogen) atoms. The number of hydrogen-bond donors (Lipinski definition) is 3. The minimum absolute atomic E-state index is 0.0605. The summed E-state index contributed by atoms with van der Waals surface area (Å²) in [4.78, 5) is 12.1. The lowest BCUT2D eigenvalue weighted by atomic mass is 9.93. The highest BCUT2D eigenvalue weighted by atomic mass is 35.5. The number of halogens is 1. The summed E-state index contributed by atoms with van der Waals surface area (Å²) in [7, 11) is 0. The molecule has 0 saturated heterocycles. The van der Waals surface area contributed by atoms with Gasteiger partial charge in [-0.05, 0) is 56.2 Å². The first-order valence-electron chi connectivity index (χ1n) is 8.06. The number of urea groups is 1. The van der Waals surface area contributed by atoms with Crippen LogP contribution >= 0.6 is 11.6 Å². The van der Waals surface area contributed by atoms with Gasteiger partial charge in [0.15, 0.2) is 0 Å². The summed E-state index contributed by atoms with van der Waals surface area (Å²) in [5, 5.41) is 16.3. The molecule has 0 spiro atoms. The first kappa shape index (κ1) is 15.6. The van der Waals surface area contributed by atoms with E-state index in [1.165, 1.54) is 5.56 Å². The van der Waals surface area contributed by atoms with Gasteiger partial charge >= 0.3 is 6.03 Å². The summed E-state index contributed by atoms with van der Waals surface area (Å²) in [5.41, 5.74) is 1.27. The maximum atomic E-state index is 12.1. The van der Waals surface area contributed by atoms with Gasteiger partial charge < -0.3 is 15.7 Å². The Hall–Kier alpha value is -1.26. The number of nitrogens with one attached hydrogen (secondary N) is 2. The normalized spacial score (nSPS) is 26.3. The maximum absolute atomic E-state index is 12.1. The number of aliphatic hydroxyl groups is 1. The number of rotatable bonds is 4. The molecule has 2 fully saturated rings. The van der Waals surface area contributed by atoms with E-state index < -0.39 is 0 Å². The van der Waals surface area contributed by atoms with E-state index in [-0.39, 0.29) is 23.6 Å². The molecule has 0 aromatic heterocycles. The van der Waals surface area contributed by atoms with Crippen LogP contribution in [0.2, 0.25) is 5.02 Å². The summed E-state index contributed by atoms with van der Waals surface area (Å²) < 4.78 is 0. The number of carbonyl (C=O) groups is 1. The second kappa shape index (κ2) is 6.47. The Labute approximate surface area is 136 Å². The molecule has 0 heterocycles. The van der Waals surface area contributed by atoms with Gasteiger partial charge in [-0.1, -0.05) is 23.7 Å². The molecular weight excluding hydrogens is 300 g/mol. The maximum Gasteiger partial charge on any atom is 0.315 e. The SMILES string of the molecule is O=C(NCC1(c2cccc(Cl)c2)CC1)NC1CCC(O)CC1. The molecule has 5 heteroatoms. The van der Waals surface area contributed by atoms with Gasteiger partial charge in [0.05, 0.1) is 6.10 Å². The molecule has 2 aliphatic carbocycles. The Balaban J connectivity index is 1.49. The fourth-order valence-corrected chi connectivity index (χ4v) is 3.43. The van der Waals surface area contributed by atoms with Crippen LogP contribution in [0.5, 0.6) is 0 Å². The van der Waals surface area contributed by atoms with E-state index in [1.54, 1.807) is 0 Å². The summed E-state index contributed by atoms with van der Waals surface area (Å²) in [6, 6.07) is 8.00. The fraction of sp³-hybridized carbons (Fsp3) is 0.588. The first-order valence-corrected chi connectivity index (χ1v) is 8.44. The van der Waals surface area contributed by atoms with Crippen LogP contribution < -0.4 is 10.6 Å². The summed E-state index contributed by atoms with van der Waals surface area (Å²) in [5.74, 6) is 0. The highest BCUT2D eigenvalue weighted by Crippen LogP contribution is 2.48. The summed E-state index contributed by atoms with van der Waals surface area (Å²) in [6.45, 7) is 0.647. The summed E-state index contributed by atoms with van der Waals surface area (Å²) >= 11 is 6.06. The van der Waals surface area contributed by atoms with Crippen molar-refractivity contribution in [3.05, 3.63) is 34.9 Å². The predicted molar refractivity (Wildman–Crippen MR) is 87.2 cm³/mol. The minimum Gasteiger partial charge on any atom is -0.393 e. The number of hydrogen-bond acceptors (Lipinski definition) is 2. The van der Waals surface area contributed by atoms with Gasteiger partial charge in [-0.3, -0.25) is 0 Å². The van der Waals surface area contributed by atoms with Gasteiger partial charge in [0.2, 0.25) is 0 Å². The highest BCUT2D eigenvalue weighted by molar-refractivity contribution is 6.30. The van der Waals surface area contributed by atoms with Gasteiger partial charge in [0, 0.05) is 23.0 Å². The Morgan fingerprint density at radius 3 is 2.64 bits per heavy atom. The van der Waals surface area contributed by atoms with Crippen LogP contribution in [0.15, 0.2) is 24.3 Å². The van der Waals surface area contributed by atoms with E-state index in [0.717, 1.165) is 43.5 Å². The van der Waals surface area contributed by atoms with Crippen molar-refractivity contribution in [3.63, 3.8) is 0 Å². The van der Waals surface area contributed by atoms with Crippen molar-refractivity contribution < 1.29 is 9.90 Å². The molecule has 4 nitrogen and oxygen atoms in total. The van der Waals surface area contributed by atoms with Crippen LogP contribution in [-0.4, -0.2) is 29.8 Å². The van der Waals surface area contributed by atoms with Crippen molar-refractivity contribution in [2.24, 2.45) is 0 Å². The topological polar surface area (TPSA) is 61.4 Å². The Morgan fingerprint density at radius 2 is 2.00 bits per heavy atom. The lowest BCUT2D eigenvalue weighted by molar-refractivity contribution is 0.117. The van der Waals surface area contributed by atoms with E-state index in [0.29, 0.717) is 6.54 Å². The van der Waals surface area contributed by atoms with Crippen LogP contribution in [0.1, 0.15) is 44.1 Å². The molecule has 1 aromatic carbocycles. The quantitative estimate of drug-likeness (QED) is 0.798. The van der Waals surface area contributed by atoms with Gasteiger partial charge in [-0.2, -0.15) is 0 Å². The smallest absolute Gasteiger partial charge is 0.315 e. The van der Waals surface area contributed by atoms with Crippen LogP contribution in [0.3, 0.4) is 0 Å². The molecule has 2 aliphatic rings. The van der Waals surface area contributed by atoms with Crippen molar-refractivity contribution in [2.75, 3.05) is 6.54 Å². The van der Waals surface area contributed by atoms with E-state index in [1.807, 2.05) is 18.2 Å². The molecule has 0 atom stereocenters. The Bertz CT molecular complexity index is 537. The number of aliphatic hydroxyl groups excluding tert-OH is 1. The van der Waals surface area contributed by atoms with Gasteiger partial charge in [0.1, 0.15) is 0 Å². The molecule has 0 radical (unpaired) electrons. The zero-order valence-electron chi connectivity index (χ0n) is 12.6. The van der Waals surface area contributed by atoms with E-state index in [4.69, 9.17) is 11.6 Å². The third kappa shape index (κ3) is 3.73. The Morgan fingerprint density at radius 1 is 1.27 bits per heavy atom. The van der Waals surface area contributed by atoms with Crippen LogP contribution in [0.4, 0.5) is 4.79 Å². The third-order valence-electron chi connectivity index (χ3n) is 4.91. The number of carbonyl (C=O) groups excluding carboxylic acids is 1. The largest absolute Gasteiger partial charge is 0.393 e. The van der Waals surface area contributed by atoms with Gasteiger partial charge in [-0.25, -0.2) is 4.79 Å². The molecule has 120 valence electrons. The minimum atomic E-state index is -0.196. The average molecular weight is 323 g/mol. The predicted octanol–water partition coefficient (Wildman–Crippen LogP) is 2.97. The molecule has 3 rings (SSSR count). The molecule has 0 bridgehead atoms. The van der Waals surface area contributed by atoms with E-state index in [9.17, 15) is 9.90 Å². The van der Waals surface area contributed by atoms with Crippen molar-refractivity contribution in [1.29, 1.82) is 0 Å². The van der Waals surface area contributed by atoms with Crippen molar-refractivity contribution in [1.82, 2.24) is 10.6 Å². The fourth-order valence-electron chi connectivity index (χ4n) is 3.24. The van der Waals surface area contributed by atoms with E-state index in [2.05, 4.69) is 16.7 Å². The summed E-state index contributed by atoms with van der Waals surface area (Å²) in [6.07, 6.45) is 5.24. The second-order valence-corrected chi connectivity index (χ2v) is 7.06. The second-order valence-electron chi connectivity index (χ2n) is 6.62. The van der Waals surface area contributed by atoms with Crippen LogP contribution in [0.25, 0.3) is 0 Å². The number of amides is 2. The van der Waals surface area contributed by atoms with Crippen molar-refractivity contribution in [2.45, 2.75) is 56.1 Å². The first-order chi connectivity index (χ1) is 10.6. The lowest BCUT2D eigenvalue weighted by Crippen LogP contribution is -2.46. The zero-order valence-corrected chi connectivity index (χ0v) is 13.4. The monoisotopic (exact) mass is 322 g/mol. The molecule has 2 amide bonds. The molecule has 0 unspecified atom stereocenters. The van der Waals surface area contributed by atoms with Gasteiger partial charge in [0.25, 0.3) is 0 Å². The standard InChI is InChI=1S/C17H23ClN2O2/c18-13-3-1-2-12(10-13)17(8-9-17)11-19-16(22)20-14-4-6-15(21)7-5-14/h1-3,10,14-15,21H,4-9,11H2,(H2,19,20,22). The third-order valence-corrected chi connectivity index (χ3v) is 5.14. The van der Waals surface area contributed by atoms with Crippen molar-refractivity contribution in [3.8, 4) is 0 Å². The van der Waals surface area contributed by atoms with E-state index >= 15 is 0 Å². The number of benzene rings is 1. The van der Waals surface area contributed by atoms with Gasteiger partial charge in [-0.15, -0.1) is 0 Å². The molecule has 0 aliphatic heterocycles.